The number of likely N-dealkylation sites (N-methyl/N-ethyl adjacent to an activating group) is 1. The highest BCUT2D eigenvalue weighted by atomic mass is 15.1. The van der Waals surface area contributed by atoms with E-state index in [4.69, 9.17) is 4.99 Å². The highest BCUT2D eigenvalue weighted by Crippen LogP contribution is 2.19. The van der Waals surface area contributed by atoms with Crippen molar-refractivity contribution in [2.24, 2.45) is 4.99 Å². The lowest BCUT2D eigenvalue weighted by atomic mass is 10.2. The van der Waals surface area contributed by atoms with Crippen molar-refractivity contribution in [1.29, 1.82) is 0 Å². The molecular weight excluding hydrogens is 232 g/mol. The van der Waals surface area contributed by atoms with E-state index < -0.39 is 0 Å². The predicted octanol–water partition coefficient (Wildman–Crippen LogP) is 4.62. The van der Waals surface area contributed by atoms with Crippen LogP contribution in [0.15, 0.2) is 65.8 Å². The lowest BCUT2D eigenvalue weighted by Crippen LogP contribution is -2.21. The first-order valence-electron chi connectivity index (χ1n) is 6.42. The van der Waals surface area contributed by atoms with Gasteiger partial charge in [0.15, 0.2) is 0 Å². The zero-order valence-corrected chi connectivity index (χ0v) is 12.2. The molecule has 0 unspecified atom stereocenters. The van der Waals surface area contributed by atoms with Gasteiger partial charge in [-0.3, -0.25) is 0 Å². The number of nitrogens with zero attached hydrogens (tertiary/aromatic N) is 2. The molecule has 1 aromatic carbocycles. The van der Waals surface area contributed by atoms with Crippen molar-refractivity contribution >= 4 is 11.5 Å². The zero-order valence-electron chi connectivity index (χ0n) is 12.2. The van der Waals surface area contributed by atoms with Gasteiger partial charge in [0.05, 0.1) is 5.69 Å². The molecule has 100 valence electrons. The van der Waals surface area contributed by atoms with Crippen LogP contribution in [0.2, 0.25) is 0 Å². The molecule has 0 aromatic heterocycles. The molecule has 0 amide bonds. The van der Waals surface area contributed by atoms with Crippen molar-refractivity contribution in [3.8, 4) is 0 Å². The second kappa shape index (κ2) is 7.37. The first-order valence-corrected chi connectivity index (χ1v) is 6.42. The Morgan fingerprint density at radius 1 is 1.21 bits per heavy atom. The van der Waals surface area contributed by atoms with E-state index in [0.29, 0.717) is 0 Å². The van der Waals surface area contributed by atoms with Crippen LogP contribution in [0.1, 0.15) is 19.4 Å². The fourth-order valence-electron chi connectivity index (χ4n) is 1.75. The number of benzene rings is 1. The van der Waals surface area contributed by atoms with Gasteiger partial charge in [-0.15, -0.1) is 0 Å². The molecule has 0 saturated heterocycles. The van der Waals surface area contributed by atoms with Crippen LogP contribution in [0.5, 0.6) is 0 Å². The molecule has 19 heavy (non-hydrogen) atoms. The first-order chi connectivity index (χ1) is 9.10. The summed E-state index contributed by atoms with van der Waals surface area (Å²) >= 11 is 0. The van der Waals surface area contributed by atoms with Crippen LogP contribution in [0, 0.1) is 6.92 Å². The maximum absolute atomic E-state index is 4.74. The fourth-order valence-corrected chi connectivity index (χ4v) is 1.75. The summed E-state index contributed by atoms with van der Waals surface area (Å²) in [5.74, 6) is 0.852. The monoisotopic (exact) mass is 254 g/mol. The zero-order chi connectivity index (χ0) is 14.3. The maximum Gasteiger partial charge on any atom is 0.139 e. The van der Waals surface area contributed by atoms with Crippen molar-refractivity contribution in [3.05, 3.63) is 66.4 Å². The number of hydrogen-bond donors (Lipinski definition) is 0. The molecule has 2 nitrogen and oxygen atoms in total. The molecule has 0 radical (unpaired) electrons. The van der Waals surface area contributed by atoms with E-state index in [1.165, 1.54) is 0 Å². The Labute approximate surface area is 116 Å². The second-order valence-corrected chi connectivity index (χ2v) is 4.34. The minimum absolute atomic E-state index is 0.852. The van der Waals surface area contributed by atoms with Gasteiger partial charge in [0, 0.05) is 18.8 Å². The predicted molar refractivity (Wildman–Crippen MR) is 84.8 cm³/mol. The molecule has 0 bridgehead atoms. The van der Waals surface area contributed by atoms with Crippen molar-refractivity contribution in [3.63, 3.8) is 0 Å². The lowest BCUT2D eigenvalue weighted by molar-refractivity contribution is 0.688. The Hall–Kier alpha value is -2.09. The quantitative estimate of drug-likeness (QED) is 0.435. The van der Waals surface area contributed by atoms with Gasteiger partial charge in [0.25, 0.3) is 0 Å². The van der Waals surface area contributed by atoms with E-state index in [1.54, 1.807) is 0 Å². The number of hydrogen-bond acceptors (Lipinski definition) is 1. The molecule has 0 heterocycles. The molecule has 0 atom stereocenters. The summed E-state index contributed by atoms with van der Waals surface area (Å²) in [4.78, 5) is 6.72. The number of allylic oxidation sites excluding steroid dienone is 2. The summed E-state index contributed by atoms with van der Waals surface area (Å²) < 4.78 is 0. The summed E-state index contributed by atoms with van der Waals surface area (Å²) in [6, 6.07) is 8.09. The molecule has 0 aliphatic carbocycles. The summed E-state index contributed by atoms with van der Waals surface area (Å²) in [6.07, 6.45) is 7.90. The van der Waals surface area contributed by atoms with Gasteiger partial charge in [-0.2, -0.15) is 0 Å². The normalized spacial score (nSPS) is 12.3. The van der Waals surface area contributed by atoms with Gasteiger partial charge in [-0.25, -0.2) is 4.99 Å². The largest absolute Gasteiger partial charge is 0.336 e. The van der Waals surface area contributed by atoms with E-state index in [-0.39, 0.29) is 0 Å². The Morgan fingerprint density at radius 3 is 2.47 bits per heavy atom. The molecule has 0 aliphatic rings. The molecule has 2 heteroatoms. The van der Waals surface area contributed by atoms with E-state index in [0.717, 1.165) is 22.7 Å². The minimum Gasteiger partial charge on any atom is -0.336 e. The number of aryl methyl sites for hydroxylation is 1. The number of aliphatic imine (C=N–C) groups is 1. The van der Waals surface area contributed by atoms with E-state index in [9.17, 15) is 0 Å². The average molecular weight is 254 g/mol. The Bertz CT molecular complexity index is 522. The Balaban J connectivity index is 3.23. The van der Waals surface area contributed by atoms with Crippen molar-refractivity contribution in [1.82, 2.24) is 4.90 Å². The topological polar surface area (TPSA) is 15.6 Å². The third kappa shape index (κ3) is 4.25. The maximum atomic E-state index is 4.74. The van der Waals surface area contributed by atoms with Gasteiger partial charge in [-0.1, -0.05) is 43.0 Å². The van der Waals surface area contributed by atoms with Crippen molar-refractivity contribution in [2.45, 2.75) is 20.8 Å². The molecule has 0 N–H and O–H groups in total. The minimum atomic E-state index is 0.852. The fraction of sp³-hybridized carbons (Fsp3) is 0.235. The Morgan fingerprint density at radius 2 is 1.89 bits per heavy atom. The van der Waals surface area contributed by atoms with Gasteiger partial charge in [0.1, 0.15) is 5.84 Å². The molecule has 0 saturated carbocycles. The molecule has 0 aliphatic heterocycles. The van der Waals surface area contributed by atoms with E-state index >= 15 is 0 Å². The number of para-hydroxylation sites is 1. The van der Waals surface area contributed by atoms with Gasteiger partial charge in [0.2, 0.25) is 0 Å². The number of rotatable bonds is 4. The molecule has 1 rings (SSSR count). The van der Waals surface area contributed by atoms with Crippen LogP contribution in [0.3, 0.4) is 0 Å². The average Bonchev–Trinajstić information content (AvgIpc) is 2.38. The van der Waals surface area contributed by atoms with Gasteiger partial charge >= 0.3 is 0 Å². The Kier molecular flexibility index (Phi) is 5.80. The van der Waals surface area contributed by atoms with E-state index in [1.807, 2.05) is 68.4 Å². The molecule has 1 aromatic rings. The molecule has 0 spiro atoms. The van der Waals surface area contributed by atoms with Crippen LogP contribution in [0.4, 0.5) is 5.69 Å². The summed E-state index contributed by atoms with van der Waals surface area (Å²) in [6.45, 7) is 10.1. The van der Waals surface area contributed by atoms with E-state index in [2.05, 4.69) is 19.6 Å². The smallest absolute Gasteiger partial charge is 0.139 e. The SMILES string of the molecule is C=C(C=CC)C(=Nc1ccccc1C)N(C)C=CC. The first kappa shape index (κ1) is 15.0. The van der Waals surface area contributed by atoms with Crippen molar-refractivity contribution in [2.75, 3.05) is 7.05 Å². The summed E-state index contributed by atoms with van der Waals surface area (Å²) in [5, 5.41) is 0. The third-order valence-corrected chi connectivity index (χ3v) is 2.70. The van der Waals surface area contributed by atoms with Gasteiger partial charge in [-0.05, 0) is 32.4 Å². The van der Waals surface area contributed by atoms with Crippen LogP contribution >= 0.6 is 0 Å². The number of amidine groups is 1. The summed E-state index contributed by atoms with van der Waals surface area (Å²) in [7, 11) is 1.98. The second-order valence-electron chi connectivity index (χ2n) is 4.34. The standard InChI is InChI=1S/C17H22N2/c1-6-10-15(4)17(19(5)13-7-2)18-16-12-9-8-11-14(16)3/h6-13H,4H2,1-3,5H3. The lowest BCUT2D eigenvalue weighted by Gasteiger charge is -2.18. The summed E-state index contributed by atoms with van der Waals surface area (Å²) in [5.41, 5.74) is 3.02. The highest BCUT2D eigenvalue weighted by molar-refractivity contribution is 6.02. The molecule has 0 fully saturated rings. The highest BCUT2D eigenvalue weighted by Gasteiger charge is 2.07. The van der Waals surface area contributed by atoms with Crippen LogP contribution in [0.25, 0.3) is 0 Å². The molecular formula is C17H22N2. The van der Waals surface area contributed by atoms with Crippen LogP contribution in [-0.4, -0.2) is 17.8 Å². The van der Waals surface area contributed by atoms with Crippen LogP contribution < -0.4 is 0 Å². The van der Waals surface area contributed by atoms with Crippen LogP contribution in [-0.2, 0) is 0 Å². The van der Waals surface area contributed by atoms with Gasteiger partial charge < -0.3 is 4.90 Å². The van der Waals surface area contributed by atoms with Crippen molar-refractivity contribution < 1.29 is 0 Å². The third-order valence-electron chi connectivity index (χ3n) is 2.70.